The van der Waals surface area contributed by atoms with E-state index < -0.39 is 6.10 Å². The molecular formula is C15H17Cl2N3O2. The zero-order valence-corrected chi connectivity index (χ0v) is 13.8. The number of hydrogen-bond donors (Lipinski definition) is 1. The SMILES string of the molecule is CC(O)CCN(C)C(=O)c1ccn(-c2ccc(Cl)c(Cl)c2)n1. The van der Waals surface area contributed by atoms with Gasteiger partial charge in [0, 0.05) is 19.8 Å². The molecule has 0 aliphatic rings. The lowest BCUT2D eigenvalue weighted by Gasteiger charge is -2.16. The van der Waals surface area contributed by atoms with Gasteiger partial charge in [-0.25, -0.2) is 4.68 Å². The van der Waals surface area contributed by atoms with Crippen LogP contribution in [0.4, 0.5) is 0 Å². The molecule has 1 atom stereocenters. The molecule has 1 aromatic carbocycles. The fraction of sp³-hybridized carbons (Fsp3) is 0.333. The van der Waals surface area contributed by atoms with Crippen LogP contribution < -0.4 is 0 Å². The van der Waals surface area contributed by atoms with E-state index in [2.05, 4.69) is 5.10 Å². The van der Waals surface area contributed by atoms with Crippen molar-refractivity contribution in [2.45, 2.75) is 19.4 Å². The summed E-state index contributed by atoms with van der Waals surface area (Å²) < 4.78 is 1.57. The summed E-state index contributed by atoms with van der Waals surface area (Å²) in [6, 6.07) is 6.77. The zero-order chi connectivity index (χ0) is 16.3. The van der Waals surface area contributed by atoms with Gasteiger partial charge in [-0.1, -0.05) is 23.2 Å². The van der Waals surface area contributed by atoms with E-state index in [0.29, 0.717) is 28.7 Å². The highest BCUT2D eigenvalue weighted by Crippen LogP contribution is 2.24. The van der Waals surface area contributed by atoms with Crippen molar-refractivity contribution < 1.29 is 9.90 Å². The van der Waals surface area contributed by atoms with E-state index in [1.807, 2.05) is 0 Å². The Hall–Kier alpha value is -1.56. The van der Waals surface area contributed by atoms with Crippen LogP contribution in [-0.2, 0) is 0 Å². The van der Waals surface area contributed by atoms with E-state index in [-0.39, 0.29) is 5.91 Å². The van der Waals surface area contributed by atoms with Gasteiger partial charge in [0.05, 0.1) is 21.8 Å². The van der Waals surface area contributed by atoms with Crippen LogP contribution >= 0.6 is 23.2 Å². The number of carbonyl (C=O) groups excluding carboxylic acids is 1. The van der Waals surface area contributed by atoms with Crippen LogP contribution in [0.25, 0.3) is 5.69 Å². The van der Waals surface area contributed by atoms with E-state index in [1.165, 1.54) is 4.90 Å². The quantitative estimate of drug-likeness (QED) is 0.909. The molecule has 0 spiro atoms. The van der Waals surface area contributed by atoms with E-state index in [1.54, 1.807) is 49.1 Å². The summed E-state index contributed by atoms with van der Waals surface area (Å²) in [5.41, 5.74) is 1.05. The number of aromatic nitrogens is 2. The molecule has 7 heteroatoms. The molecule has 1 N–H and O–H groups in total. The van der Waals surface area contributed by atoms with Gasteiger partial charge in [-0.3, -0.25) is 4.79 Å². The minimum absolute atomic E-state index is 0.195. The number of benzene rings is 1. The second-order valence-corrected chi connectivity index (χ2v) is 5.92. The first-order chi connectivity index (χ1) is 10.4. The standard InChI is InChI=1S/C15H17Cl2N3O2/c1-10(21)5-7-19(2)15(22)14-6-8-20(18-14)11-3-4-12(16)13(17)9-11/h3-4,6,8-10,21H,5,7H2,1-2H3. The van der Waals surface area contributed by atoms with Gasteiger partial charge in [0.1, 0.15) is 0 Å². The summed E-state index contributed by atoms with van der Waals surface area (Å²) in [7, 11) is 1.68. The Morgan fingerprint density at radius 2 is 2.09 bits per heavy atom. The number of amides is 1. The Morgan fingerprint density at radius 1 is 1.36 bits per heavy atom. The Labute approximate surface area is 139 Å². The molecule has 0 aliphatic heterocycles. The van der Waals surface area contributed by atoms with E-state index in [9.17, 15) is 9.90 Å². The molecule has 1 aromatic heterocycles. The van der Waals surface area contributed by atoms with E-state index in [4.69, 9.17) is 23.2 Å². The third-order valence-electron chi connectivity index (χ3n) is 3.20. The number of aliphatic hydroxyl groups excluding tert-OH is 1. The average molecular weight is 342 g/mol. The third kappa shape index (κ3) is 4.00. The molecule has 0 radical (unpaired) electrons. The first-order valence-electron chi connectivity index (χ1n) is 6.83. The van der Waals surface area contributed by atoms with Crippen molar-refractivity contribution in [1.29, 1.82) is 0 Å². The molecule has 1 unspecified atom stereocenters. The highest BCUT2D eigenvalue weighted by Gasteiger charge is 2.15. The lowest BCUT2D eigenvalue weighted by atomic mass is 10.2. The zero-order valence-electron chi connectivity index (χ0n) is 12.3. The maximum atomic E-state index is 12.2. The summed E-state index contributed by atoms with van der Waals surface area (Å²) in [5, 5.41) is 14.4. The Bertz CT molecular complexity index is 671. The normalized spacial score (nSPS) is 12.2. The molecule has 0 fully saturated rings. The Balaban J connectivity index is 2.13. The monoisotopic (exact) mass is 341 g/mol. The summed E-state index contributed by atoms with van der Waals surface area (Å²) in [6.45, 7) is 2.16. The molecule has 1 amide bonds. The van der Waals surface area contributed by atoms with Crippen molar-refractivity contribution in [1.82, 2.24) is 14.7 Å². The highest BCUT2D eigenvalue weighted by molar-refractivity contribution is 6.42. The average Bonchev–Trinajstić information content (AvgIpc) is 2.96. The van der Waals surface area contributed by atoms with E-state index in [0.717, 1.165) is 5.69 Å². The summed E-state index contributed by atoms with van der Waals surface area (Å²) in [4.78, 5) is 13.8. The smallest absolute Gasteiger partial charge is 0.274 e. The topological polar surface area (TPSA) is 58.4 Å². The number of rotatable bonds is 5. The predicted molar refractivity (Wildman–Crippen MR) is 86.8 cm³/mol. The molecular weight excluding hydrogens is 325 g/mol. The minimum atomic E-state index is -0.441. The molecule has 0 saturated carbocycles. The number of hydrogen-bond acceptors (Lipinski definition) is 3. The van der Waals surface area contributed by atoms with Gasteiger partial charge in [-0.2, -0.15) is 5.10 Å². The van der Waals surface area contributed by atoms with Gasteiger partial charge in [-0.05, 0) is 37.6 Å². The second-order valence-electron chi connectivity index (χ2n) is 5.11. The largest absolute Gasteiger partial charge is 0.393 e. The molecule has 1 heterocycles. The summed E-state index contributed by atoms with van der Waals surface area (Å²) in [5.74, 6) is -0.195. The predicted octanol–water partition coefficient (Wildman–Crippen LogP) is 3.02. The summed E-state index contributed by atoms with van der Waals surface area (Å²) in [6.07, 6.45) is 1.77. The van der Waals surface area contributed by atoms with Crippen molar-refractivity contribution in [3.8, 4) is 5.69 Å². The molecule has 22 heavy (non-hydrogen) atoms. The lowest BCUT2D eigenvalue weighted by Crippen LogP contribution is -2.29. The molecule has 0 saturated heterocycles. The van der Waals surface area contributed by atoms with Crippen LogP contribution in [0.15, 0.2) is 30.5 Å². The number of halogens is 2. The van der Waals surface area contributed by atoms with Gasteiger partial charge in [0.25, 0.3) is 5.91 Å². The van der Waals surface area contributed by atoms with E-state index >= 15 is 0 Å². The Kier molecular flexibility index (Phi) is 5.45. The van der Waals surface area contributed by atoms with Crippen LogP contribution in [-0.4, -0.2) is 45.4 Å². The molecule has 2 rings (SSSR count). The van der Waals surface area contributed by atoms with Gasteiger partial charge in [-0.15, -0.1) is 0 Å². The van der Waals surface area contributed by atoms with Gasteiger partial charge in [0.2, 0.25) is 0 Å². The first-order valence-corrected chi connectivity index (χ1v) is 7.58. The number of carbonyl (C=O) groups is 1. The molecule has 118 valence electrons. The van der Waals surface area contributed by atoms with Crippen LogP contribution in [0.3, 0.4) is 0 Å². The highest BCUT2D eigenvalue weighted by atomic mass is 35.5. The van der Waals surface area contributed by atoms with Crippen molar-refractivity contribution in [3.05, 3.63) is 46.2 Å². The second kappa shape index (κ2) is 7.13. The fourth-order valence-corrected chi connectivity index (χ4v) is 2.18. The van der Waals surface area contributed by atoms with Crippen LogP contribution in [0.5, 0.6) is 0 Å². The van der Waals surface area contributed by atoms with Crippen molar-refractivity contribution >= 4 is 29.1 Å². The number of aliphatic hydroxyl groups is 1. The van der Waals surface area contributed by atoms with Gasteiger partial charge >= 0.3 is 0 Å². The Morgan fingerprint density at radius 3 is 2.73 bits per heavy atom. The van der Waals surface area contributed by atoms with Gasteiger partial charge in [0.15, 0.2) is 5.69 Å². The van der Waals surface area contributed by atoms with Crippen LogP contribution in [0.1, 0.15) is 23.8 Å². The first kappa shape index (κ1) is 16.8. The fourth-order valence-electron chi connectivity index (χ4n) is 1.89. The maximum absolute atomic E-state index is 12.2. The molecule has 5 nitrogen and oxygen atoms in total. The van der Waals surface area contributed by atoms with Crippen molar-refractivity contribution in [3.63, 3.8) is 0 Å². The van der Waals surface area contributed by atoms with Crippen molar-refractivity contribution in [2.75, 3.05) is 13.6 Å². The molecule has 0 bridgehead atoms. The maximum Gasteiger partial charge on any atom is 0.274 e. The molecule has 0 aliphatic carbocycles. The van der Waals surface area contributed by atoms with Crippen LogP contribution in [0, 0.1) is 0 Å². The van der Waals surface area contributed by atoms with Crippen LogP contribution in [0.2, 0.25) is 10.0 Å². The summed E-state index contributed by atoms with van der Waals surface area (Å²) >= 11 is 11.9. The number of nitrogens with zero attached hydrogens (tertiary/aromatic N) is 3. The van der Waals surface area contributed by atoms with Gasteiger partial charge < -0.3 is 10.0 Å². The molecule has 2 aromatic rings. The van der Waals surface area contributed by atoms with Crippen molar-refractivity contribution in [2.24, 2.45) is 0 Å². The lowest BCUT2D eigenvalue weighted by molar-refractivity contribution is 0.0763. The minimum Gasteiger partial charge on any atom is -0.393 e. The third-order valence-corrected chi connectivity index (χ3v) is 3.94.